The maximum absolute atomic E-state index is 12.8. The van der Waals surface area contributed by atoms with Crippen LogP contribution in [-0.4, -0.2) is 40.5 Å². The third-order valence-corrected chi connectivity index (χ3v) is 6.28. The van der Waals surface area contributed by atoms with E-state index >= 15 is 0 Å². The van der Waals surface area contributed by atoms with E-state index in [2.05, 4.69) is 14.8 Å². The molecule has 0 saturated carbocycles. The SMILES string of the molecule is CCn1cc(C(=O)N2CCc3ccc(S(=O)(=O)Nc4cccnc4)cc3C2)cn1. The van der Waals surface area contributed by atoms with E-state index in [1.165, 1.54) is 6.20 Å². The average Bonchev–Trinajstić information content (AvgIpc) is 3.22. The predicted molar refractivity (Wildman–Crippen MR) is 108 cm³/mol. The van der Waals surface area contributed by atoms with Gasteiger partial charge in [-0.05, 0) is 48.7 Å². The van der Waals surface area contributed by atoms with Gasteiger partial charge in [0.05, 0.1) is 28.5 Å². The Morgan fingerprint density at radius 3 is 2.79 bits per heavy atom. The zero-order valence-corrected chi connectivity index (χ0v) is 16.8. The molecule has 1 amide bonds. The normalized spacial score (nSPS) is 13.8. The average molecular weight is 411 g/mol. The number of fused-ring (bicyclic) bond motifs is 1. The van der Waals surface area contributed by atoms with E-state index in [1.807, 2.05) is 13.0 Å². The highest BCUT2D eigenvalue weighted by Crippen LogP contribution is 2.25. The summed E-state index contributed by atoms with van der Waals surface area (Å²) in [7, 11) is -3.74. The van der Waals surface area contributed by atoms with Gasteiger partial charge < -0.3 is 4.90 Å². The van der Waals surface area contributed by atoms with Crippen molar-refractivity contribution in [3.05, 3.63) is 71.8 Å². The number of carbonyl (C=O) groups excluding carboxylic acids is 1. The van der Waals surface area contributed by atoms with Crippen molar-refractivity contribution in [2.45, 2.75) is 31.3 Å². The minimum Gasteiger partial charge on any atom is -0.334 e. The van der Waals surface area contributed by atoms with E-state index in [9.17, 15) is 13.2 Å². The Morgan fingerprint density at radius 2 is 2.07 bits per heavy atom. The van der Waals surface area contributed by atoms with Gasteiger partial charge in [-0.25, -0.2) is 8.42 Å². The number of hydrogen-bond acceptors (Lipinski definition) is 5. The highest BCUT2D eigenvalue weighted by molar-refractivity contribution is 7.92. The van der Waals surface area contributed by atoms with Crippen molar-refractivity contribution >= 4 is 21.6 Å². The van der Waals surface area contributed by atoms with Gasteiger partial charge in [0.1, 0.15) is 0 Å². The van der Waals surface area contributed by atoms with Gasteiger partial charge in [0.2, 0.25) is 0 Å². The fraction of sp³-hybridized carbons (Fsp3) is 0.250. The molecule has 0 unspecified atom stereocenters. The van der Waals surface area contributed by atoms with Gasteiger partial charge in [-0.2, -0.15) is 5.10 Å². The Kier molecular flexibility index (Phi) is 5.06. The quantitative estimate of drug-likeness (QED) is 0.695. The van der Waals surface area contributed by atoms with Crippen LogP contribution in [0.1, 0.15) is 28.4 Å². The van der Waals surface area contributed by atoms with Crippen molar-refractivity contribution in [3.8, 4) is 0 Å². The van der Waals surface area contributed by atoms with E-state index in [4.69, 9.17) is 0 Å². The molecule has 0 saturated heterocycles. The monoisotopic (exact) mass is 411 g/mol. The number of amides is 1. The first kappa shape index (κ1) is 19.1. The van der Waals surface area contributed by atoms with Crippen LogP contribution in [-0.2, 0) is 29.5 Å². The summed E-state index contributed by atoms with van der Waals surface area (Å²) in [4.78, 5) is 18.6. The van der Waals surface area contributed by atoms with E-state index < -0.39 is 10.0 Å². The number of pyridine rings is 1. The number of sulfonamides is 1. The third kappa shape index (κ3) is 4.00. The molecule has 1 N–H and O–H groups in total. The Bertz CT molecular complexity index is 1140. The van der Waals surface area contributed by atoms with Crippen LogP contribution < -0.4 is 4.72 Å². The van der Waals surface area contributed by atoms with E-state index in [-0.39, 0.29) is 10.8 Å². The van der Waals surface area contributed by atoms with Crippen LogP contribution in [0.3, 0.4) is 0 Å². The molecule has 8 nitrogen and oxygen atoms in total. The number of carbonyl (C=O) groups is 1. The van der Waals surface area contributed by atoms with Crippen LogP contribution >= 0.6 is 0 Å². The summed E-state index contributed by atoms with van der Waals surface area (Å²) in [5, 5.41) is 4.16. The topological polar surface area (TPSA) is 97.2 Å². The van der Waals surface area contributed by atoms with E-state index in [1.54, 1.807) is 52.4 Å². The molecule has 0 atom stereocenters. The Morgan fingerprint density at radius 1 is 1.21 bits per heavy atom. The zero-order chi connectivity index (χ0) is 20.4. The minimum atomic E-state index is -3.74. The van der Waals surface area contributed by atoms with E-state index in [0.29, 0.717) is 37.3 Å². The molecule has 3 heterocycles. The van der Waals surface area contributed by atoms with Crippen molar-refractivity contribution in [1.29, 1.82) is 0 Å². The predicted octanol–water partition coefficient (Wildman–Crippen LogP) is 2.30. The van der Waals surface area contributed by atoms with Crippen LogP contribution in [0.15, 0.2) is 60.0 Å². The third-order valence-electron chi connectivity index (χ3n) is 4.91. The molecule has 0 bridgehead atoms. The summed E-state index contributed by atoms with van der Waals surface area (Å²) in [6.07, 6.45) is 7.01. The van der Waals surface area contributed by atoms with Crippen molar-refractivity contribution in [1.82, 2.24) is 19.7 Å². The molecule has 3 aromatic rings. The fourth-order valence-corrected chi connectivity index (χ4v) is 4.43. The molecule has 0 aliphatic carbocycles. The van der Waals surface area contributed by atoms with Gasteiger partial charge in [-0.15, -0.1) is 0 Å². The van der Waals surface area contributed by atoms with Crippen molar-refractivity contribution in [2.24, 2.45) is 0 Å². The summed E-state index contributed by atoms with van der Waals surface area (Å²) in [5.41, 5.74) is 2.83. The number of hydrogen-bond donors (Lipinski definition) is 1. The first-order valence-corrected chi connectivity index (χ1v) is 10.8. The Labute approximate surface area is 169 Å². The molecule has 4 rings (SSSR count). The molecule has 2 aromatic heterocycles. The number of aromatic nitrogens is 3. The number of aryl methyl sites for hydroxylation is 1. The highest BCUT2D eigenvalue weighted by Gasteiger charge is 2.25. The first-order valence-electron chi connectivity index (χ1n) is 9.32. The van der Waals surface area contributed by atoms with Crippen molar-refractivity contribution in [3.63, 3.8) is 0 Å². The van der Waals surface area contributed by atoms with Crippen LogP contribution in [0.25, 0.3) is 0 Å². The van der Waals surface area contributed by atoms with Gasteiger partial charge in [-0.3, -0.25) is 19.2 Å². The summed E-state index contributed by atoms with van der Waals surface area (Å²) in [6.45, 7) is 3.60. The Balaban J connectivity index is 1.56. The molecule has 0 spiro atoms. The molecule has 0 fully saturated rings. The number of nitrogens with one attached hydrogen (secondary N) is 1. The van der Waals surface area contributed by atoms with Gasteiger partial charge in [0.15, 0.2) is 0 Å². The molecule has 150 valence electrons. The molecule has 1 aliphatic rings. The van der Waals surface area contributed by atoms with Crippen LogP contribution in [0.4, 0.5) is 5.69 Å². The number of rotatable bonds is 5. The van der Waals surface area contributed by atoms with Gasteiger partial charge in [0.25, 0.3) is 15.9 Å². The lowest BCUT2D eigenvalue weighted by Crippen LogP contribution is -2.36. The summed E-state index contributed by atoms with van der Waals surface area (Å²) >= 11 is 0. The van der Waals surface area contributed by atoms with Crippen molar-refractivity contribution < 1.29 is 13.2 Å². The molecule has 9 heteroatoms. The Hall–Kier alpha value is -3.20. The molecule has 0 radical (unpaired) electrons. The molecular weight excluding hydrogens is 390 g/mol. The largest absolute Gasteiger partial charge is 0.334 e. The maximum Gasteiger partial charge on any atom is 0.261 e. The second-order valence-corrected chi connectivity index (χ2v) is 8.52. The second kappa shape index (κ2) is 7.67. The van der Waals surface area contributed by atoms with Gasteiger partial charge in [-0.1, -0.05) is 6.07 Å². The smallest absolute Gasteiger partial charge is 0.261 e. The molecule has 1 aliphatic heterocycles. The number of nitrogens with zero attached hydrogens (tertiary/aromatic N) is 4. The van der Waals surface area contributed by atoms with Crippen molar-refractivity contribution in [2.75, 3.05) is 11.3 Å². The minimum absolute atomic E-state index is 0.0999. The standard InChI is InChI=1S/C20H21N5O3S/c1-2-25-14-17(11-22-25)20(26)24-9-7-15-5-6-19(10-16(15)13-24)29(27,28)23-18-4-3-8-21-12-18/h3-6,8,10-12,14,23H,2,7,9,13H2,1H3. The summed E-state index contributed by atoms with van der Waals surface area (Å²) in [6, 6.07) is 8.36. The molecule has 29 heavy (non-hydrogen) atoms. The molecular formula is C20H21N5O3S. The molecule has 1 aromatic carbocycles. The fourth-order valence-electron chi connectivity index (χ4n) is 3.34. The summed E-state index contributed by atoms with van der Waals surface area (Å²) < 4.78 is 29.7. The van der Waals surface area contributed by atoms with Crippen LogP contribution in [0.5, 0.6) is 0 Å². The lowest BCUT2D eigenvalue weighted by molar-refractivity contribution is 0.0734. The number of anilines is 1. The first-order chi connectivity index (χ1) is 14.0. The van der Waals surface area contributed by atoms with Crippen LogP contribution in [0, 0.1) is 0 Å². The van der Waals surface area contributed by atoms with Gasteiger partial charge in [0, 0.05) is 32.0 Å². The van der Waals surface area contributed by atoms with Crippen LogP contribution in [0.2, 0.25) is 0 Å². The highest BCUT2D eigenvalue weighted by atomic mass is 32.2. The summed E-state index contributed by atoms with van der Waals surface area (Å²) in [5.74, 6) is -0.0999. The van der Waals surface area contributed by atoms with E-state index in [0.717, 1.165) is 11.1 Å². The zero-order valence-electron chi connectivity index (χ0n) is 15.9. The second-order valence-electron chi connectivity index (χ2n) is 6.84. The number of benzene rings is 1. The lowest BCUT2D eigenvalue weighted by Gasteiger charge is -2.29. The lowest BCUT2D eigenvalue weighted by atomic mass is 9.99. The van der Waals surface area contributed by atoms with Gasteiger partial charge >= 0.3 is 0 Å². The maximum atomic E-state index is 12.8.